The summed E-state index contributed by atoms with van der Waals surface area (Å²) in [7, 11) is 0. The van der Waals surface area contributed by atoms with Crippen molar-refractivity contribution in [3.63, 3.8) is 0 Å². The van der Waals surface area contributed by atoms with Crippen LogP contribution in [0.3, 0.4) is 0 Å². The van der Waals surface area contributed by atoms with Gasteiger partial charge in [0, 0.05) is 11.3 Å². The fraction of sp³-hybridized carbons (Fsp3) is 0.833. The highest BCUT2D eigenvalue weighted by atomic mass is 32.2. The lowest BCUT2D eigenvalue weighted by atomic mass is 10.2. The summed E-state index contributed by atoms with van der Waals surface area (Å²) in [6.07, 6.45) is 1.77. The summed E-state index contributed by atoms with van der Waals surface area (Å²) in [6, 6.07) is -1.71. The number of carboxylic acids is 1. The number of hydrogen-bond acceptors (Lipinski definition) is 4. The second-order valence-corrected chi connectivity index (χ2v) is 6.34. The Morgan fingerprint density at radius 3 is 2.63 bits per heavy atom. The van der Waals surface area contributed by atoms with E-state index in [0.717, 1.165) is 25.0 Å². The number of nitrogens with one attached hydrogen (secondary N) is 2. The average Bonchev–Trinajstić information content (AvgIpc) is 2.73. The lowest BCUT2D eigenvalue weighted by Crippen LogP contribution is -2.52. The number of aliphatic hydroxyl groups excluding tert-OH is 1. The SMILES string of the molecule is CCSC1CCC(NC(=O)N[C@H](C(=O)O)[C@@H](C)O)C1. The molecular weight excluding hydrogens is 268 g/mol. The molecule has 1 rings (SSSR count). The van der Waals surface area contributed by atoms with Crippen molar-refractivity contribution in [2.75, 3.05) is 5.75 Å². The molecule has 1 saturated carbocycles. The van der Waals surface area contributed by atoms with Gasteiger partial charge >= 0.3 is 12.0 Å². The molecule has 7 heteroatoms. The fourth-order valence-corrected chi connectivity index (χ4v) is 3.36. The summed E-state index contributed by atoms with van der Waals surface area (Å²) < 4.78 is 0. The minimum Gasteiger partial charge on any atom is -0.480 e. The van der Waals surface area contributed by atoms with Gasteiger partial charge in [0.2, 0.25) is 0 Å². The van der Waals surface area contributed by atoms with Crippen LogP contribution < -0.4 is 10.6 Å². The van der Waals surface area contributed by atoms with Gasteiger partial charge in [-0.15, -0.1) is 0 Å². The second-order valence-electron chi connectivity index (χ2n) is 4.76. The van der Waals surface area contributed by atoms with Gasteiger partial charge in [-0.1, -0.05) is 6.92 Å². The van der Waals surface area contributed by atoms with Crippen LogP contribution in [0.25, 0.3) is 0 Å². The first-order valence-corrected chi connectivity index (χ1v) is 7.58. The summed E-state index contributed by atoms with van der Waals surface area (Å²) in [5, 5.41) is 23.8. The summed E-state index contributed by atoms with van der Waals surface area (Å²) in [4.78, 5) is 22.5. The Morgan fingerprint density at radius 1 is 1.42 bits per heavy atom. The topological polar surface area (TPSA) is 98.7 Å². The molecule has 2 amide bonds. The quantitative estimate of drug-likeness (QED) is 0.580. The second kappa shape index (κ2) is 7.59. The van der Waals surface area contributed by atoms with Gasteiger partial charge in [0.05, 0.1) is 6.10 Å². The van der Waals surface area contributed by atoms with Crippen LogP contribution in [0.15, 0.2) is 0 Å². The highest BCUT2D eigenvalue weighted by Crippen LogP contribution is 2.29. The molecule has 1 fully saturated rings. The molecule has 4 N–H and O–H groups in total. The van der Waals surface area contributed by atoms with Gasteiger partial charge in [-0.05, 0) is 31.9 Å². The average molecular weight is 290 g/mol. The van der Waals surface area contributed by atoms with Crippen molar-refractivity contribution in [3.05, 3.63) is 0 Å². The van der Waals surface area contributed by atoms with Crippen LogP contribution in [0.2, 0.25) is 0 Å². The zero-order chi connectivity index (χ0) is 14.4. The number of amides is 2. The Morgan fingerprint density at radius 2 is 2.11 bits per heavy atom. The number of carboxylic acid groups (broad SMARTS) is 1. The number of aliphatic hydroxyl groups is 1. The maximum absolute atomic E-state index is 11.7. The van der Waals surface area contributed by atoms with Crippen molar-refractivity contribution in [3.8, 4) is 0 Å². The molecule has 0 aromatic carbocycles. The molecule has 0 spiro atoms. The fourth-order valence-electron chi connectivity index (χ4n) is 2.22. The van der Waals surface area contributed by atoms with Crippen molar-refractivity contribution >= 4 is 23.8 Å². The van der Waals surface area contributed by atoms with E-state index in [4.69, 9.17) is 5.11 Å². The lowest BCUT2D eigenvalue weighted by molar-refractivity contribution is -0.141. The number of aliphatic carboxylic acids is 1. The van der Waals surface area contributed by atoms with Gasteiger partial charge in [0.25, 0.3) is 0 Å². The number of hydrogen-bond donors (Lipinski definition) is 4. The van der Waals surface area contributed by atoms with Crippen LogP contribution in [-0.2, 0) is 4.79 Å². The predicted octanol–water partition coefficient (Wildman–Crippen LogP) is 0.794. The van der Waals surface area contributed by atoms with E-state index in [-0.39, 0.29) is 6.04 Å². The summed E-state index contributed by atoms with van der Waals surface area (Å²) >= 11 is 1.89. The van der Waals surface area contributed by atoms with Crippen LogP contribution in [0.5, 0.6) is 0 Å². The van der Waals surface area contributed by atoms with Gasteiger partial charge in [0.1, 0.15) is 0 Å². The zero-order valence-electron chi connectivity index (χ0n) is 11.3. The first kappa shape index (κ1) is 16.1. The summed E-state index contributed by atoms with van der Waals surface area (Å²) in [5.74, 6) is -0.178. The standard InChI is InChI=1S/C12H22N2O4S/c1-3-19-9-5-4-8(6-9)13-12(18)14-10(7(2)15)11(16)17/h7-10,15H,3-6H2,1-2H3,(H,16,17)(H2,13,14,18)/t7-,8?,9?,10+/m1/s1. The number of carbonyl (C=O) groups is 2. The van der Waals surface area contributed by atoms with E-state index in [1.165, 1.54) is 6.92 Å². The maximum atomic E-state index is 11.7. The molecular formula is C12H22N2O4S. The van der Waals surface area contributed by atoms with E-state index in [1.807, 2.05) is 11.8 Å². The van der Waals surface area contributed by atoms with Crippen LogP contribution >= 0.6 is 11.8 Å². The van der Waals surface area contributed by atoms with Crippen LogP contribution in [0, 0.1) is 0 Å². The molecule has 0 bridgehead atoms. The third-order valence-electron chi connectivity index (χ3n) is 3.16. The molecule has 1 aliphatic rings. The van der Waals surface area contributed by atoms with Crippen LogP contribution in [0.4, 0.5) is 4.79 Å². The minimum atomic E-state index is -1.28. The third kappa shape index (κ3) is 5.28. The van der Waals surface area contributed by atoms with Crippen molar-refractivity contribution in [2.45, 2.75) is 56.5 Å². The van der Waals surface area contributed by atoms with Crippen molar-refractivity contribution < 1.29 is 19.8 Å². The van der Waals surface area contributed by atoms with Crippen molar-refractivity contribution in [2.24, 2.45) is 0 Å². The monoisotopic (exact) mass is 290 g/mol. The first-order chi connectivity index (χ1) is 8.93. The normalized spacial score (nSPS) is 25.6. The summed E-state index contributed by atoms with van der Waals surface area (Å²) in [6.45, 7) is 3.45. The Balaban J connectivity index is 2.37. The molecule has 4 atom stereocenters. The zero-order valence-corrected chi connectivity index (χ0v) is 12.1. The Labute approximate surface area is 117 Å². The third-order valence-corrected chi connectivity index (χ3v) is 4.39. The number of carbonyl (C=O) groups excluding carboxylic acids is 1. The van der Waals surface area contributed by atoms with Gasteiger partial charge in [-0.3, -0.25) is 0 Å². The molecule has 0 aromatic rings. The van der Waals surface area contributed by atoms with Crippen LogP contribution in [0.1, 0.15) is 33.1 Å². The van der Waals surface area contributed by atoms with Gasteiger partial charge in [-0.2, -0.15) is 11.8 Å². The van der Waals surface area contributed by atoms with Crippen LogP contribution in [-0.4, -0.2) is 51.4 Å². The van der Waals surface area contributed by atoms with Gasteiger partial charge in [0.15, 0.2) is 6.04 Å². The smallest absolute Gasteiger partial charge is 0.328 e. The highest BCUT2D eigenvalue weighted by Gasteiger charge is 2.29. The molecule has 19 heavy (non-hydrogen) atoms. The molecule has 0 saturated heterocycles. The van der Waals surface area contributed by atoms with Gasteiger partial charge < -0.3 is 20.8 Å². The molecule has 0 aliphatic heterocycles. The van der Waals surface area contributed by atoms with Crippen molar-refractivity contribution in [1.82, 2.24) is 10.6 Å². The number of thioether (sulfide) groups is 1. The maximum Gasteiger partial charge on any atom is 0.328 e. The lowest BCUT2D eigenvalue weighted by Gasteiger charge is -2.19. The Hall–Kier alpha value is -0.950. The Kier molecular flexibility index (Phi) is 6.44. The van der Waals surface area contributed by atoms with E-state index in [0.29, 0.717) is 5.25 Å². The largest absolute Gasteiger partial charge is 0.480 e. The summed E-state index contributed by atoms with van der Waals surface area (Å²) in [5.41, 5.74) is 0. The van der Waals surface area contributed by atoms with E-state index in [9.17, 15) is 14.7 Å². The van der Waals surface area contributed by atoms with Gasteiger partial charge in [-0.25, -0.2) is 9.59 Å². The van der Waals surface area contributed by atoms with E-state index in [2.05, 4.69) is 17.6 Å². The first-order valence-electron chi connectivity index (χ1n) is 6.53. The molecule has 0 radical (unpaired) electrons. The van der Waals surface area contributed by atoms with E-state index < -0.39 is 24.1 Å². The molecule has 110 valence electrons. The molecule has 2 unspecified atom stereocenters. The van der Waals surface area contributed by atoms with Crippen molar-refractivity contribution in [1.29, 1.82) is 0 Å². The predicted molar refractivity (Wildman–Crippen MR) is 74.3 cm³/mol. The molecule has 0 heterocycles. The van der Waals surface area contributed by atoms with E-state index >= 15 is 0 Å². The Bertz CT molecular complexity index is 325. The molecule has 0 aromatic heterocycles. The number of rotatable bonds is 6. The molecule has 1 aliphatic carbocycles. The van der Waals surface area contributed by atoms with E-state index in [1.54, 1.807) is 0 Å². The number of urea groups is 1. The molecule has 6 nitrogen and oxygen atoms in total. The minimum absolute atomic E-state index is 0.0903. The highest BCUT2D eigenvalue weighted by molar-refractivity contribution is 7.99.